The van der Waals surface area contributed by atoms with Crippen LogP contribution in [-0.4, -0.2) is 55.3 Å². The van der Waals surface area contributed by atoms with Gasteiger partial charge in [-0.1, -0.05) is 30.3 Å². The third kappa shape index (κ3) is 4.57. The van der Waals surface area contributed by atoms with E-state index in [1.54, 1.807) is 4.90 Å². The van der Waals surface area contributed by atoms with Crippen molar-refractivity contribution in [3.8, 4) is 0 Å². The fourth-order valence-electron chi connectivity index (χ4n) is 2.86. The highest BCUT2D eigenvalue weighted by molar-refractivity contribution is 6.07. The highest BCUT2D eigenvalue weighted by Gasteiger charge is 2.57. The van der Waals surface area contributed by atoms with Gasteiger partial charge in [0.25, 0.3) is 0 Å². The van der Waals surface area contributed by atoms with E-state index in [9.17, 15) is 9.59 Å². The number of hydrogen-bond donors (Lipinski definition) is 1. The summed E-state index contributed by atoms with van der Waals surface area (Å²) in [6.07, 6.45) is 2.22. The summed E-state index contributed by atoms with van der Waals surface area (Å²) >= 11 is 0. The van der Waals surface area contributed by atoms with Gasteiger partial charge in [-0.2, -0.15) is 0 Å². The van der Waals surface area contributed by atoms with Crippen molar-refractivity contribution in [3.63, 3.8) is 0 Å². The van der Waals surface area contributed by atoms with Gasteiger partial charge in [-0.25, -0.2) is 0 Å². The Morgan fingerprint density at radius 1 is 1.17 bits per heavy atom. The minimum absolute atomic E-state index is 0.0287. The van der Waals surface area contributed by atoms with Crippen LogP contribution in [0.3, 0.4) is 0 Å². The molecule has 2 amide bonds. The summed E-state index contributed by atoms with van der Waals surface area (Å²) in [6, 6.07) is 9.93. The van der Waals surface area contributed by atoms with Gasteiger partial charge < -0.3 is 15.1 Å². The van der Waals surface area contributed by atoms with Crippen LogP contribution in [0.1, 0.15) is 31.7 Å². The van der Waals surface area contributed by atoms with Crippen LogP contribution in [0.15, 0.2) is 30.3 Å². The molecule has 2 rings (SSSR count). The molecule has 0 saturated heterocycles. The van der Waals surface area contributed by atoms with Crippen LogP contribution in [0, 0.1) is 5.41 Å². The van der Waals surface area contributed by atoms with Crippen molar-refractivity contribution >= 4 is 11.8 Å². The third-order valence-electron chi connectivity index (χ3n) is 4.55. The molecular formula is C19H29N3O2. The van der Waals surface area contributed by atoms with Gasteiger partial charge >= 0.3 is 0 Å². The van der Waals surface area contributed by atoms with Crippen molar-refractivity contribution < 1.29 is 9.59 Å². The normalized spacial score (nSPS) is 15.2. The number of carbonyl (C=O) groups is 2. The molecule has 1 fully saturated rings. The summed E-state index contributed by atoms with van der Waals surface area (Å²) in [4.78, 5) is 29.3. The molecule has 5 nitrogen and oxygen atoms in total. The van der Waals surface area contributed by atoms with Crippen molar-refractivity contribution in [1.82, 2.24) is 15.1 Å². The molecule has 0 aliphatic heterocycles. The van der Waals surface area contributed by atoms with E-state index in [4.69, 9.17) is 0 Å². The summed E-state index contributed by atoms with van der Waals surface area (Å²) in [5, 5.41) is 2.95. The monoisotopic (exact) mass is 331 g/mol. The van der Waals surface area contributed by atoms with Crippen LogP contribution in [0.25, 0.3) is 0 Å². The number of amides is 2. The molecular weight excluding hydrogens is 302 g/mol. The molecule has 0 unspecified atom stereocenters. The lowest BCUT2D eigenvalue weighted by atomic mass is 10.0. The topological polar surface area (TPSA) is 52.7 Å². The molecule has 24 heavy (non-hydrogen) atoms. The first-order valence-corrected chi connectivity index (χ1v) is 8.76. The van der Waals surface area contributed by atoms with E-state index in [1.807, 2.05) is 51.4 Å². The lowest BCUT2D eigenvalue weighted by Crippen LogP contribution is -2.45. The van der Waals surface area contributed by atoms with E-state index in [0.29, 0.717) is 32.5 Å². The lowest BCUT2D eigenvalue weighted by molar-refractivity contribution is -0.144. The minimum Gasteiger partial charge on any atom is -0.355 e. The molecule has 0 aromatic heterocycles. The molecule has 0 heterocycles. The van der Waals surface area contributed by atoms with Gasteiger partial charge in [-0.05, 0) is 52.4 Å². The molecule has 0 bridgehead atoms. The SMILES string of the molecule is CCN(Cc1ccccc1)C(=O)C1(C(=O)NCCCN(C)C)CC1. The van der Waals surface area contributed by atoms with E-state index in [-0.39, 0.29) is 11.8 Å². The number of nitrogens with zero attached hydrogens (tertiary/aromatic N) is 2. The Balaban J connectivity index is 1.92. The van der Waals surface area contributed by atoms with E-state index >= 15 is 0 Å². The molecule has 0 radical (unpaired) electrons. The Kier molecular flexibility index (Phi) is 6.37. The van der Waals surface area contributed by atoms with Crippen molar-refractivity contribution in [2.45, 2.75) is 32.7 Å². The number of carbonyl (C=O) groups excluding carboxylic acids is 2. The van der Waals surface area contributed by atoms with Crippen LogP contribution in [0.4, 0.5) is 0 Å². The summed E-state index contributed by atoms with van der Waals surface area (Å²) in [5.74, 6) is -0.128. The Morgan fingerprint density at radius 2 is 1.83 bits per heavy atom. The fraction of sp³-hybridized carbons (Fsp3) is 0.579. The van der Waals surface area contributed by atoms with E-state index in [0.717, 1.165) is 18.5 Å². The second-order valence-corrected chi connectivity index (χ2v) is 6.80. The van der Waals surface area contributed by atoms with Gasteiger partial charge in [0.2, 0.25) is 11.8 Å². The standard InChI is InChI=1S/C19H29N3O2/c1-4-22(15-16-9-6-5-7-10-16)18(24)19(11-12-19)17(23)20-13-8-14-21(2)3/h5-7,9-10H,4,8,11-15H2,1-3H3,(H,20,23). The molecule has 5 heteroatoms. The Labute approximate surface area is 145 Å². The zero-order valence-electron chi connectivity index (χ0n) is 15.0. The number of nitrogens with one attached hydrogen (secondary N) is 1. The maximum atomic E-state index is 12.9. The van der Waals surface area contributed by atoms with Crippen molar-refractivity contribution in [2.75, 3.05) is 33.7 Å². The molecule has 1 saturated carbocycles. The first-order chi connectivity index (χ1) is 11.5. The van der Waals surface area contributed by atoms with Crippen LogP contribution in [-0.2, 0) is 16.1 Å². The van der Waals surface area contributed by atoms with E-state index < -0.39 is 5.41 Å². The van der Waals surface area contributed by atoms with E-state index in [2.05, 4.69) is 10.2 Å². The Bertz CT molecular complexity index is 553. The lowest BCUT2D eigenvalue weighted by Gasteiger charge is -2.26. The summed E-state index contributed by atoms with van der Waals surface area (Å²) < 4.78 is 0. The Morgan fingerprint density at radius 3 is 2.38 bits per heavy atom. The smallest absolute Gasteiger partial charge is 0.238 e. The van der Waals surface area contributed by atoms with Crippen LogP contribution < -0.4 is 5.32 Å². The van der Waals surface area contributed by atoms with E-state index in [1.165, 1.54) is 0 Å². The largest absolute Gasteiger partial charge is 0.355 e. The Hall–Kier alpha value is -1.88. The van der Waals surface area contributed by atoms with Gasteiger partial charge in [0, 0.05) is 19.6 Å². The first kappa shape index (κ1) is 18.5. The molecule has 1 aliphatic rings. The van der Waals surface area contributed by atoms with Crippen LogP contribution >= 0.6 is 0 Å². The summed E-state index contributed by atoms with van der Waals surface area (Å²) in [5.41, 5.74) is 0.276. The maximum absolute atomic E-state index is 12.9. The second kappa shape index (κ2) is 8.29. The minimum atomic E-state index is -0.817. The predicted molar refractivity (Wildman–Crippen MR) is 95.4 cm³/mol. The molecule has 0 spiro atoms. The van der Waals surface area contributed by atoms with Crippen molar-refractivity contribution in [2.24, 2.45) is 5.41 Å². The van der Waals surface area contributed by atoms with Crippen molar-refractivity contribution in [1.29, 1.82) is 0 Å². The third-order valence-corrected chi connectivity index (χ3v) is 4.55. The summed E-state index contributed by atoms with van der Waals surface area (Å²) in [7, 11) is 4.02. The highest BCUT2D eigenvalue weighted by atomic mass is 16.2. The molecule has 1 aromatic carbocycles. The van der Waals surface area contributed by atoms with Crippen molar-refractivity contribution in [3.05, 3.63) is 35.9 Å². The first-order valence-electron chi connectivity index (χ1n) is 8.76. The zero-order valence-corrected chi connectivity index (χ0v) is 15.0. The van der Waals surface area contributed by atoms with Gasteiger partial charge in [0.1, 0.15) is 5.41 Å². The number of hydrogen-bond acceptors (Lipinski definition) is 3. The fourth-order valence-corrected chi connectivity index (χ4v) is 2.86. The average molecular weight is 331 g/mol. The van der Waals surface area contributed by atoms with Gasteiger partial charge in [0.05, 0.1) is 0 Å². The quantitative estimate of drug-likeness (QED) is 0.555. The number of benzene rings is 1. The average Bonchev–Trinajstić information content (AvgIpc) is 3.38. The second-order valence-electron chi connectivity index (χ2n) is 6.80. The van der Waals surface area contributed by atoms with Crippen LogP contribution in [0.5, 0.6) is 0 Å². The van der Waals surface area contributed by atoms with Gasteiger partial charge in [0.15, 0.2) is 0 Å². The predicted octanol–water partition coefficient (Wildman–Crippen LogP) is 1.88. The molecule has 1 aliphatic carbocycles. The van der Waals surface area contributed by atoms with Gasteiger partial charge in [-0.3, -0.25) is 9.59 Å². The summed E-state index contributed by atoms with van der Waals surface area (Å²) in [6.45, 7) is 4.69. The van der Waals surface area contributed by atoms with Crippen LogP contribution in [0.2, 0.25) is 0 Å². The number of rotatable bonds is 9. The molecule has 0 atom stereocenters. The maximum Gasteiger partial charge on any atom is 0.238 e. The zero-order chi connectivity index (χ0) is 17.6. The molecule has 132 valence electrons. The van der Waals surface area contributed by atoms with Gasteiger partial charge in [-0.15, -0.1) is 0 Å². The highest BCUT2D eigenvalue weighted by Crippen LogP contribution is 2.47. The molecule has 1 aromatic rings. The molecule has 1 N–H and O–H groups in total.